The van der Waals surface area contributed by atoms with E-state index in [1.54, 1.807) is 24.7 Å². The van der Waals surface area contributed by atoms with E-state index in [9.17, 15) is 9.59 Å². The second-order valence-corrected chi connectivity index (χ2v) is 8.63. The number of rotatable bonds is 2. The maximum atomic E-state index is 13.0. The summed E-state index contributed by atoms with van der Waals surface area (Å²) < 4.78 is 0. The van der Waals surface area contributed by atoms with Crippen molar-refractivity contribution in [2.75, 3.05) is 13.1 Å². The lowest BCUT2D eigenvalue weighted by Gasteiger charge is -2.30. The summed E-state index contributed by atoms with van der Waals surface area (Å²) in [6, 6.07) is 13.1. The molecule has 0 radical (unpaired) electrons. The van der Waals surface area contributed by atoms with Crippen LogP contribution in [0.2, 0.25) is 5.02 Å². The predicted molar refractivity (Wildman–Crippen MR) is 124 cm³/mol. The number of pyridine rings is 2. The number of nitrogens with zero attached hydrogens (tertiary/aromatic N) is 3. The van der Waals surface area contributed by atoms with Crippen LogP contribution in [0.15, 0.2) is 66.6 Å². The number of carbonyl (C=O) groups excluding carboxylic acids is 2. The Morgan fingerprint density at radius 1 is 1.03 bits per heavy atom. The Hall–Kier alpha value is -3.31. The SMILES string of the molecule is O=C1Cc2cccnc2C(=C2CCN(C(=O)Cc3cccnc3)CC2)c2ccc(Cl)cc21. The van der Waals surface area contributed by atoms with Crippen LogP contribution in [-0.2, 0) is 17.6 Å². The van der Waals surface area contributed by atoms with Gasteiger partial charge in [0.2, 0.25) is 5.91 Å². The molecule has 1 aromatic carbocycles. The van der Waals surface area contributed by atoms with E-state index in [2.05, 4.69) is 9.97 Å². The molecule has 1 fully saturated rings. The summed E-state index contributed by atoms with van der Waals surface area (Å²) in [4.78, 5) is 36.5. The van der Waals surface area contributed by atoms with Gasteiger partial charge in [-0.2, -0.15) is 0 Å². The molecule has 1 aliphatic carbocycles. The van der Waals surface area contributed by atoms with Gasteiger partial charge in [-0.15, -0.1) is 0 Å². The zero-order valence-electron chi connectivity index (χ0n) is 17.6. The van der Waals surface area contributed by atoms with Gasteiger partial charge in [0, 0.05) is 54.3 Å². The fourth-order valence-electron chi connectivity index (χ4n) is 4.59. The van der Waals surface area contributed by atoms with Crippen LogP contribution < -0.4 is 0 Å². The number of carbonyl (C=O) groups is 2. The highest BCUT2D eigenvalue weighted by Gasteiger charge is 2.29. The molecule has 32 heavy (non-hydrogen) atoms. The Morgan fingerprint density at radius 3 is 2.62 bits per heavy atom. The fourth-order valence-corrected chi connectivity index (χ4v) is 4.76. The lowest BCUT2D eigenvalue weighted by molar-refractivity contribution is -0.130. The van der Waals surface area contributed by atoms with Gasteiger partial charge in [-0.1, -0.05) is 35.4 Å². The van der Waals surface area contributed by atoms with Crippen LogP contribution >= 0.6 is 11.6 Å². The van der Waals surface area contributed by atoms with E-state index in [-0.39, 0.29) is 11.7 Å². The topological polar surface area (TPSA) is 63.2 Å². The minimum absolute atomic E-state index is 0.0523. The third-order valence-corrected chi connectivity index (χ3v) is 6.42. The van der Waals surface area contributed by atoms with Gasteiger partial charge in [0.15, 0.2) is 5.78 Å². The fraction of sp³-hybridized carbons (Fsp3) is 0.231. The third-order valence-electron chi connectivity index (χ3n) is 6.18. The van der Waals surface area contributed by atoms with Gasteiger partial charge >= 0.3 is 0 Å². The minimum Gasteiger partial charge on any atom is -0.342 e. The van der Waals surface area contributed by atoms with Crippen molar-refractivity contribution in [3.05, 3.63) is 99.6 Å². The van der Waals surface area contributed by atoms with E-state index in [0.717, 1.165) is 40.8 Å². The van der Waals surface area contributed by atoms with E-state index in [1.807, 2.05) is 41.3 Å². The molecule has 2 aromatic heterocycles. The number of halogens is 1. The molecule has 5 nitrogen and oxygen atoms in total. The van der Waals surface area contributed by atoms with Crippen molar-refractivity contribution < 1.29 is 9.59 Å². The Morgan fingerprint density at radius 2 is 1.84 bits per heavy atom. The first-order chi connectivity index (χ1) is 15.6. The molecule has 1 saturated heterocycles. The third kappa shape index (κ3) is 3.96. The van der Waals surface area contributed by atoms with Crippen LogP contribution in [0.3, 0.4) is 0 Å². The Kier molecular flexibility index (Phi) is 5.58. The standard InChI is InChI=1S/C26H22ClN3O2/c27-20-5-6-21-22(15-20)23(31)14-19-4-2-10-29-26(19)25(21)18-7-11-30(12-8-18)24(32)13-17-3-1-9-28-16-17/h1-6,9-10,15-16H,7-8,11-14H2. The number of Topliss-reactive ketones (excluding diaryl/α,β-unsaturated/α-hetero) is 1. The minimum atomic E-state index is 0.0523. The highest BCUT2D eigenvalue weighted by molar-refractivity contribution is 6.31. The first kappa shape index (κ1) is 20.6. The number of fused-ring (bicyclic) bond motifs is 2. The largest absolute Gasteiger partial charge is 0.342 e. The first-order valence-corrected chi connectivity index (χ1v) is 11.1. The van der Waals surface area contributed by atoms with Gasteiger partial charge < -0.3 is 4.90 Å². The Labute approximate surface area is 191 Å². The number of hydrogen-bond donors (Lipinski definition) is 0. The number of likely N-dealkylation sites (tertiary alicyclic amines) is 1. The normalized spacial score (nSPS) is 15.8. The lowest BCUT2D eigenvalue weighted by Crippen LogP contribution is -2.37. The summed E-state index contributed by atoms with van der Waals surface area (Å²) in [7, 11) is 0. The van der Waals surface area contributed by atoms with Crippen molar-refractivity contribution in [3.8, 4) is 0 Å². The monoisotopic (exact) mass is 443 g/mol. The van der Waals surface area contributed by atoms with E-state index >= 15 is 0 Å². The summed E-state index contributed by atoms with van der Waals surface area (Å²) in [5.74, 6) is 0.167. The summed E-state index contributed by atoms with van der Waals surface area (Å²) in [5, 5.41) is 0.552. The number of hydrogen-bond acceptors (Lipinski definition) is 4. The molecule has 1 aliphatic heterocycles. The van der Waals surface area contributed by atoms with Crippen LogP contribution in [0.4, 0.5) is 0 Å². The summed E-state index contributed by atoms with van der Waals surface area (Å²) in [5.41, 5.74) is 6.52. The van der Waals surface area contributed by atoms with Gasteiger partial charge in [0.25, 0.3) is 0 Å². The van der Waals surface area contributed by atoms with E-state index < -0.39 is 0 Å². The molecule has 0 atom stereocenters. The van der Waals surface area contributed by atoms with Gasteiger partial charge in [0.05, 0.1) is 12.1 Å². The molecular weight excluding hydrogens is 422 g/mol. The van der Waals surface area contributed by atoms with Gasteiger partial charge in [-0.25, -0.2) is 0 Å². The molecule has 0 unspecified atom stereocenters. The van der Waals surface area contributed by atoms with Crippen LogP contribution in [0.5, 0.6) is 0 Å². The Bertz CT molecular complexity index is 1230. The zero-order chi connectivity index (χ0) is 22.1. The average molecular weight is 444 g/mol. The maximum Gasteiger partial charge on any atom is 0.227 e. The molecule has 5 rings (SSSR count). The van der Waals surface area contributed by atoms with Gasteiger partial charge in [0.1, 0.15) is 0 Å². The quantitative estimate of drug-likeness (QED) is 0.583. The van der Waals surface area contributed by atoms with Crippen molar-refractivity contribution in [3.63, 3.8) is 0 Å². The van der Waals surface area contributed by atoms with Crippen molar-refractivity contribution in [1.82, 2.24) is 14.9 Å². The van der Waals surface area contributed by atoms with Crippen LogP contribution in [-0.4, -0.2) is 39.6 Å². The number of piperidine rings is 1. The summed E-state index contributed by atoms with van der Waals surface area (Å²) >= 11 is 6.23. The highest BCUT2D eigenvalue weighted by Crippen LogP contribution is 2.38. The number of amides is 1. The first-order valence-electron chi connectivity index (χ1n) is 10.8. The van der Waals surface area contributed by atoms with Crippen molar-refractivity contribution >= 4 is 28.9 Å². The van der Waals surface area contributed by atoms with E-state index in [4.69, 9.17) is 11.6 Å². The molecule has 1 amide bonds. The molecule has 3 heterocycles. The molecular formula is C26H22ClN3O2. The van der Waals surface area contributed by atoms with E-state index in [0.29, 0.717) is 36.5 Å². The van der Waals surface area contributed by atoms with Gasteiger partial charge in [-0.05, 0) is 53.8 Å². The van der Waals surface area contributed by atoms with Crippen molar-refractivity contribution in [1.29, 1.82) is 0 Å². The van der Waals surface area contributed by atoms with Crippen molar-refractivity contribution in [2.45, 2.75) is 25.7 Å². The summed E-state index contributed by atoms with van der Waals surface area (Å²) in [6.07, 6.45) is 7.39. The zero-order valence-corrected chi connectivity index (χ0v) is 18.3. The smallest absolute Gasteiger partial charge is 0.227 e. The van der Waals surface area contributed by atoms with Crippen molar-refractivity contribution in [2.24, 2.45) is 0 Å². The van der Waals surface area contributed by atoms with E-state index in [1.165, 1.54) is 5.57 Å². The average Bonchev–Trinajstić information content (AvgIpc) is 2.93. The number of benzene rings is 1. The number of ketones is 1. The molecule has 2 aliphatic rings. The summed E-state index contributed by atoms with van der Waals surface area (Å²) in [6.45, 7) is 1.30. The van der Waals surface area contributed by atoms with Gasteiger partial charge in [-0.3, -0.25) is 19.6 Å². The second kappa shape index (κ2) is 8.67. The van der Waals surface area contributed by atoms with Crippen LogP contribution in [0, 0.1) is 0 Å². The maximum absolute atomic E-state index is 13.0. The second-order valence-electron chi connectivity index (χ2n) is 8.20. The molecule has 0 N–H and O–H groups in total. The van der Waals surface area contributed by atoms with Crippen LogP contribution in [0.25, 0.3) is 5.57 Å². The van der Waals surface area contributed by atoms with Crippen LogP contribution in [0.1, 0.15) is 45.6 Å². The predicted octanol–water partition coefficient (Wildman–Crippen LogP) is 4.54. The lowest BCUT2D eigenvalue weighted by atomic mass is 9.88. The molecule has 0 saturated carbocycles. The molecule has 6 heteroatoms. The number of aromatic nitrogens is 2. The Balaban J connectivity index is 1.48. The molecule has 160 valence electrons. The molecule has 0 bridgehead atoms. The molecule has 0 spiro atoms. The highest BCUT2D eigenvalue weighted by atomic mass is 35.5. The molecule has 3 aromatic rings.